The molecule has 5 nitrogen and oxygen atoms in total. The molecule has 0 fully saturated rings. The summed E-state index contributed by atoms with van der Waals surface area (Å²) in [6.07, 6.45) is -0.462. The maximum absolute atomic E-state index is 12.5. The van der Waals surface area contributed by atoms with Crippen molar-refractivity contribution >= 4 is 6.03 Å². The zero-order chi connectivity index (χ0) is 20.7. The van der Waals surface area contributed by atoms with E-state index in [-0.39, 0.29) is 12.1 Å². The van der Waals surface area contributed by atoms with E-state index in [1.165, 1.54) is 0 Å². The maximum Gasteiger partial charge on any atom is 0.318 e. The van der Waals surface area contributed by atoms with Gasteiger partial charge < -0.3 is 20.1 Å². The summed E-state index contributed by atoms with van der Waals surface area (Å²) in [5, 5.41) is 5.81. The van der Waals surface area contributed by atoms with Crippen LogP contribution in [-0.2, 0) is 0 Å². The van der Waals surface area contributed by atoms with Gasteiger partial charge >= 0.3 is 6.03 Å². The molecule has 2 N–H and O–H groups in total. The topological polar surface area (TPSA) is 59.6 Å². The van der Waals surface area contributed by atoms with E-state index in [0.717, 1.165) is 28.2 Å². The second-order valence-electron chi connectivity index (χ2n) is 7.27. The first kappa shape index (κ1) is 21.6. The van der Waals surface area contributed by atoms with Gasteiger partial charge in [0.25, 0.3) is 0 Å². The zero-order valence-corrected chi connectivity index (χ0v) is 17.7. The predicted molar refractivity (Wildman–Crippen MR) is 113 cm³/mol. The summed E-state index contributed by atoms with van der Waals surface area (Å²) in [4.78, 5) is 12.5. The van der Waals surface area contributed by atoms with Crippen LogP contribution in [0.3, 0.4) is 0 Å². The van der Waals surface area contributed by atoms with Crippen molar-refractivity contribution in [2.24, 2.45) is 0 Å². The number of carbonyl (C=O) groups excluding carboxylic acids is 1. The number of nitrogens with one attached hydrogen (secondary N) is 2. The molecule has 2 aromatic rings. The molecule has 5 heteroatoms. The highest BCUT2D eigenvalue weighted by atomic mass is 16.5. The van der Waals surface area contributed by atoms with Gasteiger partial charge in [0.05, 0.1) is 12.6 Å². The minimum absolute atomic E-state index is 0.198. The average Bonchev–Trinajstić information content (AvgIpc) is 2.63. The summed E-state index contributed by atoms with van der Waals surface area (Å²) in [5.74, 6) is 1.92. The Labute approximate surface area is 168 Å². The second kappa shape index (κ2) is 10.0. The van der Waals surface area contributed by atoms with E-state index < -0.39 is 6.23 Å². The summed E-state index contributed by atoms with van der Waals surface area (Å²) in [6, 6.07) is 13.4. The van der Waals surface area contributed by atoms with Gasteiger partial charge in [0.2, 0.25) is 0 Å². The van der Waals surface area contributed by atoms with Crippen molar-refractivity contribution in [3.8, 4) is 11.5 Å². The van der Waals surface area contributed by atoms with Gasteiger partial charge in [0.1, 0.15) is 11.5 Å². The van der Waals surface area contributed by atoms with Crippen molar-refractivity contribution in [3.05, 3.63) is 59.2 Å². The van der Waals surface area contributed by atoms with Gasteiger partial charge in [-0.3, -0.25) is 0 Å². The molecule has 28 heavy (non-hydrogen) atoms. The molecular weight excluding hydrogens is 352 g/mol. The third-order valence-corrected chi connectivity index (χ3v) is 4.46. The van der Waals surface area contributed by atoms with E-state index in [0.29, 0.717) is 12.5 Å². The number of para-hydroxylation sites is 1. The Morgan fingerprint density at radius 2 is 1.68 bits per heavy atom. The number of benzene rings is 2. The third kappa shape index (κ3) is 5.91. The van der Waals surface area contributed by atoms with Crippen LogP contribution < -0.4 is 20.1 Å². The van der Waals surface area contributed by atoms with Gasteiger partial charge in [-0.25, -0.2) is 4.79 Å². The highest BCUT2D eigenvalue weighted by molar-refractivity contribution is 5.74. The standard InChI is InChI=1S/C23H32N2O3/c1-7-27-21-13-12-16(4)14-20(21)17(5)24-23(26)25-18(6)28-22-11-9-8-10-19(22)15(2)3/h8-15,17-18H,7H2,1-6H3,(H2,24,25,26). The molecule has 0 saturated heterocycles. The number of carbonyl (C=O) groups is 1. The molecule has 0 aliphatic rings. The van der Waals surface area contributed by atoms with Gasteiger partial charge in [0, 0.05) is 5.56 Å². The van der Waals surface area contributed by atoms with Crippen molar-refractivity contribution in [2.45, 2.75) is 59.7 Å². The highest BCUT2D eigenvalue weighted by Gasteiger charge is 2.17. The monoisotopic (exact) mass is 384 g/mol. The molecule has 152 valence electrons. The SMILES string of the molecule is CCOc1ccc(C)cc1C(C)NC(=O)NC(C)Oc1ccccc1C(C)C. The number of amides is 2. The molecule has 0 aliphatic heterocycles. The Balaban J connectivity index is 1.99. The van der Waals surface area contributed by atoms with E-state index in [1.807, 2.05) is 70.2 Å². The fourth-order valence-electron chi connectivity index (χ4n) is 3.08. The summed E-state index contributed by atoms with van der Waals surface area (Å²) >= 11 is 0. The van der Waals surface area contributed by atoms with E-state index in [1.54, 1.807) is 0 Å². The molecule has 0 bridgehead atoms. The van der Waals surface area contributed by atoms with Gasteiger partial charge in [-0.2, -0.15) is 0 Å². The lowest BCUT2D eigenvalue weighted by molar-refractivity contribution is 0.174. The van der Waals surface area contributed by atoms with Crippen LogP contribution in [0.15, 0.2) is 42.5 Å². The fourth-order valence-corrected chi connectivity index (χ4v) is 3.08. The molecule has 0 spiro atoms. The maximum atomic E-state index is 12.5. The van der Waals surface area contributed by atoms with E-state index >= 15 is 0 Å². The minimum atomic E-state index is -0.462. The summed E-state index contributed by atoms with van der Waals surface area (Å²) in [6.45, 7) is 12.5. The Kier molecular flexibility index (Phi) is 7.73. The lowest BCUT2D eigenvalue weighted by atomic mass is 10.0. The summed E-state index contributed by atoms with van der Waals surface area (Å²) < 4.78 is 11.6. The molecule has 0 heterocycles. The molecule has 0 aromatic heterocycles. The van der Waals surface area contributed by atoms with Crippen LogP contribution in [0.25, 0.3) is 0 Å². The van der Waals surface area contributed by atoms with Crippen LogP contribution in [0, 0.1) is 6.92 Å². The number of urea groups is 1. The molecule has 2 unspecified atom stereocenters. The molecule has 2 rings (SSSR count). The first-order valence-electron chi connectivity index (χ1n) is 9.87. The van der Waals surface area contributed by atoms with Crippen LogP contribution in [-0.4, -0.2) is 18.9 Å². The lowest BCUT2D eigenvalue weighted by Crippen LogP contribution is -2.44. The predicted octanol–water partition coefficient (Wildman–Crippen LogP) is 5.30. The quantitative estimate of drug-likeness (QED) is 0.607. The van der Waals surface area contributed by atoms with Crippen LogP contribution in [0.1, 0.15) is 63.3 Å². The first-order valence-corrected chi connectivity index (χ1v) is 9.87. The first-order chi connectivity index (χ1) is 13.3. The van der Waals surface area contributed by atoms with Crippen LogP contribution in [0.4, 0.5) is 4.79 Å². The van der Waals surface area contributed by atoms with Gasteiger partial charge in [0.15, 0.2) is 6.23 Å². The Hall–Kier alpha value is -2.69. The number of rotatable bonds is 8. The van der Waals surface area contributed by atoms with Crippen molar-refractivity contribution in [3.63, 3.8) is 0 Å². The van der Waals surface area contributed by atoms with Gasteiger partial charge in [-0.05, 0) is 51.3 Å². The van der Waals surface area contributed by atoms with Crippen molar-refractivity contribution in [1.29, 1.82) is 0 Å². The molecule has 0 aliphatic carbocycles. The lowest BCUT2D eigenvalue weighted by Gasteiger charge is -2.22. The van der Waals surface area contributed by atoms with Crippen molar-refractivity contribution in [2.75, 3.05) is 6.61 Å². The fraction of sp³-hybridized carbons (Fsp3) is 0.435. The largest absolute Gasteiger partial charge is 0.494 e. The van der Waals surface area contributed by atoms with Crippen LogP contribution in [0.2, 0.25) is 0 Å². The third-order valence-electron chi connectivity index (χ3n) is 4.46. The highest BCUT2D eigenvalue weighted by Crippen LogP contribution is 2.27. The Morgan fingerprint density at radius 3 is 2.36 bits per heavy atom. The summed E-state index contributed by atoms with van der Waals surface area (Å²) in [7, 11) is 0. The second-order valence-corrected chi connectivity index (χ2v) is 7.27. The molecule has 2 atom stereocenters. The molecule has 2 amide bonds. The smallest absolute Gasteiger partial charge is 0.318 e. The minimum Gasteiger partial charge on any atom is -0.494 e. The average molecular weight is 385 g/mol. The van der Waals surface area contributed by atoms with E-state index in [4.69, 9.17) is 9.47 Å². The zero-order valence-electron chi connectivity index (χ0n) is 17.7. The van der Waals surface area contributed by atoms with Crippen molar-refractivity contribution < 1.29 is 14.3 Å². The molecule has 0 radical (unpaired) electrons. The van der Waals surface area contributed by atoms with Crippen molar-refractivity contribution in [1.82, 2.24) is 10.6 Å². The van der Waals surface area contributed by atoms with Crippen LogP contribution in [0.5, 0.6) is 11.5 Å². The van der Waals surface area contributed by atoms with Gasteiger partial charge in [-0.1, -0.05) is 49.7 Å². The van der Waals surface area contributed by atoms with Crippen LogP contribution >= 0.6 is 0 Å². The summed E-state index contributed by atoms with van der Waals surface area (Å²) in [5.41, 5.74) is 3.19. The van der Waals surface area contributed by atoms with E-state index in [2.05, 4.69) is 24.5 Å². The molecule has 2 aromatic carbocycles. The number of hydrogen-bond acceptors (Lipinski definition) is 3. The number of aryl methyl sites for hydroxylation is 1. The Morgan fingerprint density at radius 1 is 0.964 bits per heavy atom. The number of hydrogen-bond donors (Lipinski definition) is 2. The van der Waals surface area contributed by atoms with Gasteiger partial charge in [-0.15, -0.1) is 0 Å². The number of ether oxygens (including phenoxy) is 2. The normalized spacial score (nSPS) is 13.0. The molecular formula is C23H32N2O3. The van der Waals surface area contributed by atoms with E-state index in [9.17, 15) is 4.79 Å². The Bertz CT molecular complexity index is 789. The molecule has 0 saturated carbocycles.